The van der Waals surface area contributed by atoms with Crippen LogP contribution in [0.15, 0.2) is 18.3 Å². The molecule has 0 radical (unpaired) electrons. The Morgan fingerprint density at radius 2 is 2.43 bits per heavy atom. The average molecular weight is 194 g/mol. The van der Waals surface area contributed by atoms with Gasteiger partial charge in [-0.3, -0.25) is 9.78 Å². The summed E-state index contributed by atoms with van der Waals surface area (Å²) in [6, 6.07) is 3.63. The molecule has 2 N–H and O–H groups in total. The van der Waals surface area contributed by atoms with E-state index in [4.69, 9.17) is 5.73 Å². The fraction of sp³-hybridized carbons (Fsp3) is 0.400. The van der Waals surface area contributed by atoms with Gasteiger partial charge in [0.05, 0.1) is 13.0 Å². The van der Waals surface area contributed by atoms with Gasteiger partial charge in [-0.15, -0.1) is 0 Å². The van der Waals surface area contributed by atoms with Gasteiger partial charge in [0.25, 0.3) is 0 Å². The Labute approximate surface area is 83.1 Å². The van der Waals surface area contributed by atoms with E-state index in [1.165, 1.54) is 7.11 Å². The highest BCUT2D eigenvalue weighted by atomic mass is 16.5. The van der Waals surface area contributed by atoms with Crippen molar-refractivity contribution in [3.63, 3.8) is 0 Å². The molecule has 0 spiro atoms. The number of carbonyl (C=O) groups is 1. The lowest BCUT2D eigenvalue weighted by atomic mass is 9.98. The molecular formula is C10H14N2O2. The molecule has 1 rings (SSSR count). The highest BCUT2D eigenvalue weighted by Crippen LogP contribution is 2.18. The molecule has 0 saturated heterocycles. The number of aromatic nitrogens is 1. The molecule has 76 valence electrons. The van der Waals surface area contributed by atoms with Crippen LogP contribution >= 0.6 is 0 Å². The molecule has 0 aliphatic rings. The van der Waals surface area contributed by atoms with Crippen LogP contribution in [-0.2, 0) is 9.53 Å². The predicted molar refractivity (Wildman–Crippen MR) is 52.8 cm³/mol. The summed E-state index contributed by atoms with van der Waals surface area (Å²) in [6.07, 6.45) is 1.68. The van der Waals surface area contributed by atoms with E-state index in [2.05, 4.69) is 9.72 Å². The predicted octanol–water partition coefficient (Wildman–Crippen LogP) is 0.605. The van der Waals surface area contributed by atoms with Gasteiger partial charge in [0.15, 0.2) is 0 Å². The summed E-state index contributed by atoms with van der Waals surface area (Å²) < 4.78 is 4.67. The van der Waals surface area contributed by atoms with Gasteiger partial charge in [0.2, 0.25) is 0 Å². The third-order valence-electron chi connectivity index (χ3n) is 2.14. The van der Waals surface area contributed by atoms with Crippen molar-refractivity contribution in [3.05, 3.63) is 29.6 Å². The number of hydrogen-bond acceptors (Lipinski definition) is 4. The minimum atomic E-state index is -0.409. The van der Waals surface area contributed by atoms with Crippen LogP contribution in [-0.4, -0.2) is 24.6 Å². The molecule has 0 fully saturated rings. The largest absolute Gasteiger partial charge is 0.469 e. The second-order valence-corrected chi connectivity index (χ2v) is 2.99. The zero-order chi connectivity index (χ0) is 10.6. The number of rotatable bonds is 3. The normalized spacial score (nSPS) is 12.2. The Hall–Kier alpha value is -1.42. The van der Waals surface area contributed by atoms with E-state index in [0.717, 1.165) is 11.3 Å². The lowest BCUT2D eigenvalue weighted by molar-refractivity contribution is -0.142. The fourth-order valence-corrected chi connectivity index (χ4v) is 1.36. The van der Waals surface area contributed by atoms with Crippen LogP contribution in [0.4, 0.5) is 0 Å². The lowest BCUT2D eigenvalue weighted by Gasteiger charge is -2.13. The maximum Gasteiger partial charge on any atom is 0.314 e. The quantitative estimate of drug-likeness (QED) is 0.716. The van der Waals surface area contributed by atoms with Crippen molar-refractivity contribution in [1.82, 2.24) is 4.98 Å². The number of pyridine rings is 1. The summed E-state index contributed by atoms with van der Waals surface area (Å²) in [6.45, 7) is 2.08. The number of methoxy groups -OCH3 is 1. The fourth-order valence-electron chi connectivity index (χ4n) is 1.36. The van der Waals surface area contributed by atoms with E-state index in [-0.39, 0.29) is 12.5 Å². The van der Waals surface area contributed by atoms with E-state index in [9.17, 15) is 4.79 Å². The Bertz CT molecular complexity index is 326. The van der Waals surface area contributed by atoms with Crippen LogP contribution < -0.4 is 5.73 Å². The summed E-state index contributed by atoms with van der Waals surface area (Å²) in [5.74, 6) is -0.725. The number of nitrogens with zero attached hydrogens (tertiary/aromatic N) is 1. The Kier molecular flexibility index (Phi) is 3.59. The summed E-state index contributed by atoms with van der Waals surface area (Å²) in [4.78, 5) is 15.5. The van der Waals surface area contributed by atoms with E-state index >= 15 is 0 Å². The molecule has 1 aromatic rings. The van der Waals surface area contributed by atoms with Crippen molar-refractivity contribution in [1.29, 1.82) is 0 Å². The van der Waals surface area contributed by atoms with Crippen molar-refractivity contribution in [3.8, 4) is 0 Å². The maximum atomic E-state index is 11.4. The van der Waals surface area contributed by atoms with Crippen molar-refractivity contribution in [2.45, 2.75) is 12.8 Å². The van der Waals surface area contributed by atoms with Crippen LogP contribution in [0.5, 0.6) is 0 Å². The van der Waals surface area contributed by atoms with Crippen molar-refractivity contribution >= 4 is 5.97 Å². The summed E-state index contributed by atoms with van der Waals surface area (Å²) in [5, 5.41) is 0. The number of hydrogen-bond donors (Lipinski definition) is 1. The van der Waals surface area contributed by atoms with Gasteiger partial charge >= 0.3 is 5.97 Å². The molecule has 0 amide bonds. The molecule has 0 bridgehead atoms. The summed E-state index contributed by atoms with van der Waals surface area (Å²) in [5.41, 5.74) is 7.17. The van der Waals surface area contributed by atoms with Crippen molar-refractivity contribution in [2.24, 2.45) is 5.73 Å². The van der Waals surface area contributed by atoms with E-state index < -0.39 is 5.92 Å². The van der Waals surface area contributed by atoms with E-state index in [1.54, 1.807) is 12.3 Å². The standard InChI is InChI=1S/C10H14N2O2/c1-7-8(4-3-5-12-7)9(6-11)10(13)14-2/h3-5,9H,6,11H2,1-2H3. The topological polar surface area (TPSA) is 65.2 Å². The van der Waals surface area contributed by atoms with Gasteiger partial charge < -0.3 is 10.5 Å². The van der Waals surface area contributed by atoms with Crippen LogP contribution in [0.2, 0.25) is 0 Å². The third-order valence-corrected chi connectivity index (χ3v) is 2.14. The molecule has 1 heterocycles. The van der Waals surface area contributed by atoms with E-state index in [1.807, 2.05) is 13.0 Å². The summed E-state index contributed by atoms with van der Waals surface area (Å²) >= 11 is 0. The molecule has 0 saturated carbocycles. The molecule has 0 aliphatic heterocycles. The lowest BCUT2D eigenvalue weighted by Crippen LogP contribution is -2.23. The molecule has 4 heteroatoms. The molecule has 1 atom stereocenters. The monoisotopic (exact) mass is 194 g/mol. The van der Waals surface area contributed by atoms with Crippen LogP contribution in [0.1, 0.15) is 17.2 Å². The van der Waals surface area contributed by atoms with Gasteiger partial charge in [-0.05, 0) is 18.6 Å². The third kappa shape index (κ3) is 2.09. The minimum absolute atomic E-state index is 0.235. The Morgan fingerprint density at radius 1 is 1.71 bits per heavy atom. The molecule has 0 aliphatic carbocycles. The van der Waals surface area contributed by atoms with Crippen LogP contribution in [0.25, 0.3) is 0 Å². The van der Waals surface area contributed by atoms with Gasteiger partial charge in [0.1, 0.15) is 0 Å². The van der Waals surface area contributed by atoms with Crippen LogP contribution in [0.3, 0.4) is 0 Å². The second kappa shape index (κ2) is 4.72. The van der Waals surface area contributed by atoms with Crippen molar-refractivity contribution in [2.75, 3.05) is 13.7 Å². The van der Waals surface area contributed by atoms with E-state index in [0.29, 0.717) is 0 Å². The molecule has 4 nitrogen and oxygen atoms in total. The number of ether oxygens (including phenoxy) is 1. The SMILES string of the molecule is COC(=O)C(CN)c1cccnc1C. The second-order valence-electron chi connectivity index (χ2n) is 2.99. The first-order valence-corrected chi connectivity index (χ1v) is 4.40. The van der Waals surface area contributed by atoms with Gasteiger partial charge in [-0.2, -0.15) is 0 Å². The molecule has 1 aromatic heterocycles. The zero-order valence-electron chi connectivity index (χ0n) is 8.36. The molecule has 14 heavy (non-hydrogen) atoms. The summed E-state index contributed by atoms with van der Waals surface area (Å²) in [7, 11) is 1.36. The smallest absolute Gasteiger partial charge is 0.314 e. The minimum Gasteiger partial charge on any atom is -0.469 e. The number of aryl methyl sites for hydroxylation is 1. The number of carbonyl (C=O) groups excluding carboxylic acids is 1. The van der Waals surface area contributed by atoms with Gasteiger partial charge in [0, 0.05) is 18.4 Å². The van der Waals surface area contributed by atoms with Crippen molar-refractivity contribution < 1.29 is 9.53 Å². The zero-order valence-corrected chi connectivity index (χ0v) is 8.36. The van der Waals surface area contributed by atoms with Gasteiger partial charge in [-0.1, -0.05) is 6.07 Å². The molecular weight excluding hydrogens is 180 g/mol. The highest BCUT2D eigenvalue weighted by molar-refractivity contribution is 5.78. The molecule has 0 aromatic carbocycles. The van der Waals surface area contributed by atoms with Crippen LogP contribution in [0, 0.1) is 6.92 Å². The first-order chi connectivity index (χ1) is 6.70. The average Bonchev–Trinajstić information content (AvgIpc) is 2.21. The Balaban J connectivity index is 3.01. The highest BCUT2D eigenvalue weighted by Gasteiger charge is 2.21. The van der Waals surface area contributed by atoms with Gasteiger partial charge in [-0.25, -0.2) is 0 Å². The number of esters is 1. The first kappa shape index (κ1) is 10.7. The maximum absolute atomic E-state index is 11.4. The Morgan fingerprint density at radius 3 is 2.93 bits per heavy atom. The molecule has 1 unspecified atom stereocenters. The first-order valence-electron chi connectivity index (χ1n) is 4.40. The number of nitrogens with two attached hydrogens (primary N) is 1.